The van der Waals surface area contributed by atoms with Gasteiger partial charge >= 0.3 is 0 Å². The van der Waals surface area contributed by atoms with Crippen molar-refractivity contribution in [2.45, 2.75) is 0 Å². The molecule has 3 aromatic rings. The number of aliphatic imine (C=N–C) groups is 1. The van der Waals surface area contributed by atoms with Crippen LogP contribution >= 0.6 is 11.6 Å². The van der Waals surface area contributed by atoms with Crippen LogP contribution in [0.25, 0.3) is 11.3 Å². The third kappa shape index (κ3) is 3.12. The van der Waals surface area contributed by atoms with Crippen molar-refractivity contribution in [3.05, 3.63) is 65.2 Å². The van der Waals surface area contributed by atoms with Crippen LogP contribution in [-0.2, 0) is 0 Å². The molecule has 0 aliphatic carbocycles. The summed E-state index contributed by atoms with van der Waals surface area (Å²) in [7, 11) is 0. The minimum atomic E-state index is 0.0880. The molecule has 104 valence electrons. The van der Waals surface area contributed by atoms with E-state index in [2.05, 4.69) is 15.2 Å². The number of aromatic amines is 1. The van der Waals surface area contributed by atoms with Crippen LogP contribution in [0.5, 0.6) is 5.75 Å². The van der Waals surface area contributed by atoms with Gasteiger partial charge in [-0.3, -0.25) is 5.10 Å². The molecule has 0 saturated heterocycles. The maximum atomic E-state index is 9.75. The molecule has 0 atom stereocenters. The van der Waals surface area contributed by atoms with Crippen molar-refractivity contribution >= 4 is 23.6 Å². The number of phenolic OH excluding ortho intramolecular Hbond substituents is 1. The minimum Gasteiger partial charge on any atom is -0.507 e. The third-order valence-corrected chi connectivity index (χ3v) is 3.21. The summed E-state index contributed by atoms with van der Waals surface area (Å²) in [6.07, 6.45) is 1.55. The van der Waals surface area contributed by atoms with Gasteiger partial charge in [0, 0.05) is 22.9 Å². The molecule has 0 spiro atoms. The molecule has 5 heteroatoms. The van der Waals surface area contributed by atoms with Gasteiger partial charge in [-0.1, -0.05) is 41.9 Å². The van der Waals surface area contributed by atoms with E-state index in [9.17, 15) is 5.11 Å². The molecular weight excluding hydrogens is 286 g/mol. The Balaban J connectivity index is 1.83. The SMILES string of the molecule is Oc1cc(Cl)ccc1C=Nc1cc(-c2ccccc2)[nH]n1. The molecule has 0 unspecified atom stereocenters. The van der Waals surface area contributed by atoms with Crippen LogP contribution in [0.1, 0.15) is 5.56 Å². The second-order valence-corrected chi connectivity index (χ2v) is 4.90. The molecule has 0 aliphatic rings. The van der Waals surface area contributed by atoms with Crippen molar-refractivity contribution in [1.29, 1.82) is 0 Å². The Morgan fingerprint density at radius 3 is 2.67 bits per heavy atom. The normalized spacial score (nSPS) is 11.1. The molecule has 2 N–H and O–H groups in total. The second kappa shape index (κ2) is 5.81. The minimum absolute atomic E-state index is 0.0880. The zero-order valence-corrected chi connectivity index (χ0v) is 11.7. The first-order valence-electron chi connectivity index (χ1n) is 6.36. The van der Waals surface area contributed by atoms with Gasteiger partial charge in [0.2, 0.25) is 0 Å². The summed E-state index contributed by atoms with van der Waals surface area (Å²) in [5.74, 6) is 0.633. The molecule has 0 amide bonds. The van der Waals surface area contributed by atoms with Gasteiger partial charge in [0.15, 0.2) is 5.82 Å². The summed E-state index contributed by atoms with van der Waals surface area (Å²) in [5, 5.41) is 17.3. The highest BCUT2D eigenvalue weighted by atomic mass is 35.5. The standard InChI is InChI=1S/C16H12ClN3O/c17-13-7-6-12(15(21)8-13)10-18-16-9-14(19-20-16)11-4-2-1-3-5-11/h1-10,21H,(H,19,20). The highest BCUT2D eigenvalue weighted by Gasteiger charge is 2.03. The molecule has 2 aromatic carbocycles. The number of nitrogens with one attached hydrogen (secondary N) is 1. The largest absolute Gasteiger partial charge is 0.507 e. The van der Waals surface area contributed by atoms with Crippen LogP contribution in [0, 0.1) is 0 Å². The quantitative estimate of drug-likeness (QED) is 0.712. The topological polar surface area (TPSA) is 61.3 Å². The number of phenols is 1. The highest BCUT2D eigenvalue weighted by molar-refractivity contribution is 6.30. The zero-order chi connectivity index (χ0) is 14.7. The number of H-pyrrole nitrogens is 1. The molecule has 1 aromatic heterocycles. The number of rotatable bonds is 3. The molecule has 1 heterocycles. The zero-order valence-electron chi connectivity index (χ0n) is 11.0. The summed E-state index contributed by atoms with van der Waals surface area (Å²) in [4.78, 5) is 4.24. The Morgan fingerprint density at radius 2 is 1.90 bits per heavy atom. The fraction of sp³-hybridized carbons (Fsp3) is 0. The number of aromatic nitrogens is 2. The third-order valence-electron chi connectivity index (χ3n) is 2.98. The van der Waals surface area contributed by atoms with E-state index < -0.39 is 0 Å². The maximum Gasteiger partial charge on any atom is 0.174 e. The average molecular weight is 298 g/mol. The lowest BCUT2D eigenvalue weighted by molar-refractivity contribution is 0.474. The van der Waals surface area contributed by atoms with E-state index in [1.54, 1.807) is 18.3 Å². The summed E-state index contributed by atoms with van der Waals surface area (Å²) in [6, 6.07) is 16.6. The predicted octanol–water partition coefficient (Wildman–Crippen LogP) is 4.19. The Bertz CT molecular complexity index is 781. The molecule has 3 rings (SSSR count). The van der Waals surface area contributed by atoms with E-state index in [0.29, 0.717) is 16.4 Å². The molecule has 0 fully saturated rings. The lowest BCUT2D eigenvalue weighted by atomic mass is 10.2. The van der Waals surface area contributed by atoms with Crippen molar-refractivity contribution in [3.63, 3.8) is 0 Å². The van der Waals surface area contributed by atoms with Crippen molar-refractivity contribution in [2.24, 2.45) is 4.99 Å². The van der Waals surface area contributed by atoms with Gasteiger partial charge < -0.3 is 5.11 Å². The molecule has 0 aliphatic heterocycles. The van der Waals surface area contributed by atoms with Crippen LogP contribution in [0.15, 0.2) is 59.6 Å². The van der Waals surface area contributed by atoms with Crippen LogP contribution in [0.2, 0.25) is 5.02 Å². The fourth-order valence-electron chi connectivity index (χ4n) is 1.90. The first kappa shape index (κ1) is 13.4. The smallest absolute Gasteiger partial charge is 0.174 e. The Hall–Kier alpha value is -2.59. The molecule has 21 heavy (non-hydrogen) atoms. The Labute approximate surface area is 126 Å². The first-order valence-corrected chi connectivity index (χ1v) is 6.73. The van der Waals surface area contributed by atoms with Crippen molar-refractivity contribution in [3.8, 4) is 17.0 Å². The van der Waals surface area contributed by atoms with Crippen LogP contribution in [0.3, 0.4) is 0 Å². The average Bonchev–Trinajstić information content (AvgIpc) is 2.96. The van der Waals surface area contributed by atoms with Gasteiger partial charge in [-0.25, -0.2) is 4.99 Å². The van der Waals surface area contributed by atoms with E-state index in [0.717, 1.165) is 11.3 Å². The van der Waals surface area contributed by atoms with Crippen molar-refractivity contribution in [2.75, 3.05) is 0 Å². The van der Waals surface area contributed by atoms with E-state index in [1.807, 2.05) is 36.4 Å². The van der Waals surface area contributed by atoms with Gasteiger partial charge in [-0.05, 0) is 23.8 Å². The van der Waals surface area contributed by atoms with E-state index in [4.69, 9.17) is 11.6 Å². The molecular formula is C16H12ClN3O. The number of hydrogen-bond donors (Lipinski definition) is 2. The Kier molecular flexibility index (Phi) is 3.71. The van der Waals surface area contributed by atoms with Crippen molar-refractivity contribution < 1.29 is 5.11 Å². The number of halogens is 1. The summed E-state index contributed by atoms with van der Waals surface area (Å²) < 4.78 is 0. The lowest BCUT2D eigenvalue weighted by Crippen LogP contribution is -1.81. The fourth-order valence-corrected chi connectivity index (χ4v) is 2.07. The van der Waals surface area contributed by atoms with E-state index in [1.165, 1.54) is 6.07 Å². The number of aromatic hydroxyl groups is 1. The summed E-state index contributed by atoms with van der Waals surface area (Å²) in [6.45, 7) is 0. The Morgan fingerprint density at radius 1 is 1.10 bits per heavy atom. The summed E-state index contributed by atoms with van der Waals surface area (Å²) >= 11 is 5.78. The monoisotopic (exact) mass is 297 g/mol. The summed E-state index contributed by atoms with van der Waals surface area (Å²) in [5.41, 5.74) is 2.52. The molecule has 4 nitrogen and oxygen atoms in total. The van der Waals surface area contributed by atoms with Gasteiger partial charge in [-0.2, -0.15) is 5.10 Å². The van der Waals surface area contributed by atoms with Crippen LogP contribution < -0.4 is 0 Å². The van der Waals surface area contributed by atoms with E-state index in [-0.39, 0.29) is 5.75 Å². The second-order valence-electron chi connectivity index (χ2n) is 4.47. The van der Waals surface area contributed by atoms with Crippen LogP contribution in [-0.4, -0.2) is 21.5 Å². The van der Waals surface area contributed by atoms with Gasteiger partial charge in [-0.15, -0.1) is 0 Å². The first-order chi connectivity index (χ1) is 10.2. The van der Waals surface area contributed by atoms with Gasteiger partial charge in [0.25, 0.3) is 0 Å². The maximum absolute atomic E-state index is 9.75. The highest BCUT2D eigenvalue weighted by Crippen LogP contribution is 2.23. The lowest BCUT2D eigenvalue weighted by Gasteiger charge is -1.97. The number of nitrogens with zero attached hydrogens (tertiary/aromatic N) is 2. The molecule has 0 bridgehead atoms. The van der Waals surface area contributed by atoms with Gasteiger partial charge in [0.1, 0.15) is 5.75 Å². The molecule has 0 radical (unpaired) electrons. The number of hydrogen-bond acceptors (Lipinski definition) is 3. The predicted molar refractivity (Wildman–Crippen MR) is 84.4 cm³/mol. The van der Waals surface area contributed by atoms with Crippen LogP contribution in [0.4, 0.5) is 5.82 Å². The number of benzene rings is 2. The van der Waals surface area contributed by atoms with E-state index >= 15 is 0 Å². The van der Waals surface area contributed by atoms with Crippen molar-refractivity contribution in [1.82, 2.24) is 10.2 Å². The van der Waals surface area contributed by atoms with Gasteiger partial charge in [0.05, 0.1) is 5.69 Å². The molecule has 0 saturated carbocycles.